The zero-order chi connectivity index (χ0) is 37.2. The van der Waals surface area contributed by atoms with Crippen LogP contribution in [0.2, 0.25) is 0 Å². The lowest BCUT2D eigenvalue weighted by Gasteiger charge is -2.20. The number of hydrogen-bond donors (Lipinski definition) is 0. The molecule has 0 aliphatic rings. The van der Waals surface area contributed by atoms with Gasteiger partial charge in [0, 0.05) is 11.1 Å². The fourth-order valence-corrected chi connectivity index (χ4v) is 8.22. The summed E-state index contributed by atoms with van der Waals surface area (Å²) < 4.78 is 45.2. The van der Waals surface area contributed by atoms with Crippen molar-refractivity contribution in [1.29, 1.82) is 0 Å². The van der Waals surface area contributed by atoms with Crippen LogP contribution in [-0.2, 0) is 16.4 Å². The number of ether oxygens (including phenoxy) is 3. The maximum atomic E-state index is 13.3. The lowest BCUT2D eigenvalue weighted by Crippen LogP contribution is -2.03. The number of fused-ring (bicyclic) bond motifs is 2. The van der Waals surface area contributed by atoms with Gasteiger partial charge in [0.1, 0.15) is 29.6 Å². The number of methoxy groups -OCH3 is 1. The van der Waals surface area contributed by atoms with E-state index in [0.29, 0.717) is 5.75 Å². The lowest BCUT2D eigenvalue weighted by molar-refractivity contribution is 0.306. The molecule has 5 nitrogen and oxygen atoms in total. The molecule has 0 aromatic heterocycles. The minimum atomic E-state index is -3.65. The Morgan fingerprint density at radius 2 is 1.07 bits per heavy atom. The molecule has 6 heteroatoms. The smallest absolute Gasteiger partial charge is 0.206 e. The van der Waals surface area contributed by atoms with E-state index in [1.54, 1.807) is 55.6 Å². The Balaban J connectivity index is 1.15. The third-order valence-electron chi connectivity index (χ3n) is 9.83. The summed E-state index contributed by atoms with van der Waals surface area (Å²) in [4.78, 5) is 0.480. The van der Waals surface area contributed by atoms with Crippen LogP contribution in [-0.4, -0.2) is 15.5 Å². The van der Waals surface area contributed by atoms with Crippen LogP contribution < -0.4 is 14.2 Å². The molecule has 0 saturated heterocycles. The average molecular weight is 727 g/mol. The molecule has 0 fully saturated rings. The number of sulfone groups is 1. The number of hydrogen-bond acceptors (Lipinski definition) is 5. The van der Waals surface area contributed by atoms with Gasteiger partial charge in [0.05, 0.1) is 16.9 Å². The zero-order valence-electron chi connectivity index (χ0n) is 30.2. The molecule has 0 unspecified atom stereocenters. The van der Waals surface area contributed by atoms with Gasteiger partial charge in [-0.2, -0.15) is 0 Å². The van der Waals surface area contributed by atoms with Crippen LogP contribution in [0.15, 0.2) is 174 Å². The highest BCUT2D eigenvalue weighted by Gasteiger charge is 2.20. The Bertz CT molecular complexity index is 2740. The van der Waals surface area contributed by atoms with Crippen molar-refractivity contribution >= 4 is 31.4 Å². The maximum absolute atomic E-state index is 13.3. The second-order valence-corrected chi connectivity index (χ2v) is 15.3. The van der Waals surface area contributed by atoms with Crippen molar-refractivity contribution in [2.75, 3.05) is 7.11 Å². The van der Waals surface area contributed by atoms with E-state index in [-0.39, 0.29) is 16.4 Å². The van der Waals surface area contributed by atoms with E-state index in [0.717, 1.165) is 77.7 Å². The van der Waals surface area contributed by atoms with Crippen molar-refractivity contribution in [2.45, 2.75) is 30.2 Å². The van der Waals surface area contributed by atoms with E-state index in [4.69, 9.17) is 14.2 Å². The molecule has 0 aliphatic heterocycles. The zero-order valence-corrected chi connectivity index (χ0v) is 31.1. The van der Waals surface area contributed by atoms with Crippen LogP contribution in [0.4, 0.5) is 0 Å². The summed E-state index contributed by atoms with van der Waals surface area (Å²) >= 11 is 0. The van der Waals surface area contributed by atoms with E-state index in [9.17, 15) is 8.42 Å². The van der Waals surface area contributed by atoms with E-state index >= 15 is 0 Å². The Morgan fingerprint density at radius 1 is 0.519 bits per heavy atom. The SMILES string of the molecule is COc1ccc(-c2ccc(Oc3ccc4ccccc4c3-c3c(COc4ccc(S(=O)(=O)c5ccc(C)cc5)cc4)ccc4ccccc34)cc2)cc1C. The Labute approximate surface area is 316 Å². The molecule has 0 heterocycles. The van der Waals surface area contributed by atoms with Crippen LogP contribution in [0.25, 0.3) is 43.8 Å². The number of benzene rings is 8. The van der Waals surface area contributed by atoms with Gasteiger partial charge in [-0.05, 0) is 124 Å². The molecule has 0 N–H and O–H groups in total. The molecule has 0 radical (unpaired) electrons. The first-order valence-corrected chi connectivity index (χ1v) is 19.3. The van der Waals surface area contributed by atoms with Crippen molar-refractivity contribution in [1.82, 2.24) is 0 Å². The normalized spacial score (nSPS) is 11.5. The first-order valence-electron chi connectivity index (χ1n) is 17.8. The van der Waals surface area contributed by atoms with Gasteiger partial charge in [0.25, 0.3) is 0 Å². The fourth-order valence-electron chi connectivity index (χ4n) is 6.96. The first kappa shape index (κ1) is 34.7. The quantitative estimate of drug-likeness (QED) is 0.140. The van der Waals surface area contributed by atoms with E-state index in [2.05, 4.69) is 78.9 Å². The van der Waals surface area contributed by atoms with Gasteiger partial charge in [-0.3, -0.25) is 0 Å². The van der Waals surface area contributed by atoms with Gasteiger partial charge >= 0.3 is 0 Å². The third-order valence-corrected chi connectivity index (χ3v) is 11.6. The van der Waals surface area contributed by atoms with Crippen LogP contribution in [0, 0.1) is 13.8 Å². The van der Waals surface area contributed by atoms with Gasteiger partial charge in [0.15, 0.2) is 0 Å². The lowest BCUT2D eigenvalue weighted by atomic mass is 9.89. The van der Waals surface area contributed by atoms with Crippen LogP contribution in [0.5, 0.6) is 23.0 Å². The van der Waals surface area contributed by atoms with Crippen LogP contribution >= 0.6 is 0 Å². The largest absolute Gasteiger partial charge is 0.496 e. The molecular weight excluding hydrogens is 689 g/mol. The Kier molecular flexibility index (Phi) is 9.36. The van der Waals surface area contributed by atoms with Gasteiger partial charge in [-0.25, -0.2) is 8.42 Å². The summed E-state index contributed by atoms with van der Waals surface area (Å²) in [6.45, 7) is 4.23. The standard InChI is InChI=1S/C48H38O5S/c1-32-12-24-41(25-13-32)54(49,50)42-26-22-39(23-27-42)52-31-38-15-14-35-8-4-6-10-43(35)47(38)48-44-11-7-5-9-36(44)18-29-46(48)53-40-20-16-34(17-21-40)37-19-28-45(51-3)33(2)30-37/h4-30H,31H2,1-3H3. The second kappa shape index (κ2) is 14.6. The highest BCUT2D eigenvalue weighted by atomic mass is 32.2. The van der Waals surface area contributed by atoms with Crippen molar-refractivity contribution < 1.29 is 22.6 Å². The molecule has 0 saturated carbocycles. The van der Waals surface area contributed by atoms with Crippen molar-refractivity contribution in [3.63, 3.8) is 0 Å². The van der Waals surface area contributed by atoms with Gasteiger partial charge < -0.3 is 14.2 Å². The highest BCUT2D eigenvalue weighted by molar-refractivity contribution is 7.91. The predicted molar refractivity (Wildman–Crippen MR) is 218 cm³/mol. The molecule has 0 aliphatic carbocycles. The molecule has 8 rings (SSSR count). The molecule has 0 amide bonds. The Morgan fingerprint density at radius 3 is 1.72 bits per heavy atom. The number of aryl methyl sites for hydroxylation is 2. The summed E-state index contributed by atoms with van der Waals surface area (Å²) in [5.41, 5.74) is 7.23. The van der Waals surface area contributed by atoms with Crippen LogP contribution in [0.3, 0.4) is 0 Å². The minimum absolute atomic E-state index is 0.217. The second-order valence-electron chi connectivity index (χ2n) is 13.4. The van der Waals surface area contributed by atoms with Gasteiger partial charge in [0.2, 0.25) is 9.84 Å². The molecule has 54 heavy (non-hydrogen) atoms. The van der Waals surface area contributed by atoms with E-state index in [1.165, 1.54) is 0 Å². The molecule has 0 atom stereocenters. The summed E-state index contributed by atoms with van der Waals surface area (Å²) in [7, 11) is -1.97. The van der Waals surface area contributed by atoms with E-state index < -0.39 is 9.84 Å². The molecule has 266 valence electrons. The monoisotopic (exact) mass is 726 g/mol. The van der Waals surface area contributed by atoms with Crippen molar-refractivity contribution in [2.24, 2.45) is 0 Å². The Hall–Kier alpha value is -6.37. The predicted octanol–water partition coefficient (Wildman–Crippen LogP) is 12.2. The van der Waals surface area contributed by atoms with Crippen molar-refractivity contribution in [3.8, 4) is 45.3 Å². The fraction of sp³-hybridized carbons (Fsp3) is 0.0833. The molecule has 0 spiro atoms. The summed E-state index contributed by atoms with van der Waals surface area (Å²) in [5, 5.41) is 4.32. The summed E-state index contributed by atoms with van der Waals surface area (Å²) in [6, 6.07) is 52.9. The molecule has 8 aromatic rings. The molecule has 8 aromatic carbocycles. The third kappa shape index (κ3) is 6.80. The molecular formula is C48H38O5S. The summed E-state index contributed by atoms with van der Waals surface area (Å²) in [6.07, 6.45) is 0. The topological polar surface area (TPSA) is 61.8 Å². The molecule has 0 bridgehead atoms. The van der Waals surface area contributed by atoms with Gasteiger partial charge in [-0.15, -0.1) is 0 Å². The van der Waals surface area contributed by atoms with Crippen molar-refractivity contribution in [3.05, 3.63) is 180 Å². The summed E-state index contributed by atoms with van der Waals surface area (Å²) in [5.74, 6) is 2.88. The van der Waals surface area contributed by atoms with Gasteiger partial charge in [-0.1, -0.05) is 103 Å². The highest BCUT2D eigenvalue weighted by Crippen LogP contribution is 2.44. The van der Waals surface area contributed by atoms with E-state index in [1.807, 2.05) is 50.2 Å². The number of rotatable bonds is 10. The van der Waals surface area contributed by atoms with Crippen LogP contribution in [0.1, 0.15) is 16.7 Å². The first-order chi connectivity index (χ1) is 26.3. The minimum Gasteiger partial charge on any atom is -0.496 e. The maximum Gasteiger partial charge on any atom is 0.206 e. The average Bonchev–Trinajstić information content (AvgIpc) is 3.20.